The van der Waals surface area contributed by atoms with E-state index in [0.29, 0.717) is 5.65 Å². The van der Waals surface area contributed by atoms with Crippen LogP contribution < -0.4 is 5.73 Å². The number of nitrogen functional groups attached to an aromatic ring is 1. The van der Waals surface area contributed by atoms with Gasteiger partial charge in [0.1, 0.15) is 0 Å². The van der Waals surface area contributed by atoms with Crippen molar-refractivity contribution in [2.45, 2.75) is 0 Å². The van der Waals surface area contributed by atoms with Crippen molar-refractivity contribution in [1.82, 2.24) is 14.6 Å². The summed E-state index contributed by atoms with van der Waals surface area (Å²) in [5, 5.41) is 16.4. The molecule has 0 fully saturated rings. The summed E-state index contributed by atoms with van der Waals surface area (Å²) in [6, 6.07) is 3.20. The average Bonchev–Trinajstić information content (AvgIpc) is 2.35. The van der Waals surface area contributed by atoms with Crippen LogP contribution in [0.5, 0.6) is 5.75 Å². The van der Waals surface area contributed by atoms with E-state index in [1.807, 2.05) is 0 Å². The highest BCUT2D eigenvalue weighted by molar-refractivity contribution is 5.54. The van der Waals surface area contributed by atoms with Crippen LogP contribution in [0, 0.1) is 0 Å². The van der Waals surface area contributed by atoms with Crippen molar-refractivity contribution in [2.75, 3.05) is 5.73 Å². The van der Waals surface area contributed by atoms with Crippen LogP contribution in [0.4, 0.5) is 5.95 Å². The monoisotopic (exact) mass is 150 g/mol. The molecule has 0 aliphatic carbocycles. The Hall–Kier alpha value is -1.78. The smallest absolute Gasteiger partial charge is 0.226 e. The molecule has 3 N–H and O–H groups in total. The largest absolute Gasteiger partial charge is 0.504 e. The molecule has 2 heterocycles. The van der Waals surface area contributed by atoms with E-state index in [2.05, 4.69) is 10.2 Å². The van der Waals surface area contributed by atoms with Crippen LogP contribution in [0.15, 0.2) is 18.3 Å². The predicted molar refractivity (Wildman–Crippen MR) is 39.1 cm³/mol. The van der Waals surface area contributed by atoms with Gasteiger partial charge in [-0.3, -0.25) is 4.40 Å². The maximum Gasteiger partial charge on any atom is 0.226 e. The van der Waals surface area contributed by atoms with Gasteiger partial charge in [-0.05, 0) is 12.1 Å². The number of nitrogens with zero attached hydrogens (tertiary/aromatic N) is 3. The summed E-state index contributed by atoms with van der Waals surface area (Å²) in [5.74, 6) is 0.354. The summed E-state index contributed by atoms with van der Waals surface area (Å²) < 4.78 is 1.51. The van der Waals surface area contributed by atoms with Gasteiger partial charge in [0.2, 0.25) is 11.6 Å². The summed E-state index contributed by atoms with van der Waals surface area (Å²) in [4.78, 5) is 0. The molecule has 5 nitrogen and oxygen atoms in total. The van der Waals surface area contributed by atoms with Crippen molar-refractivity contribution in [2.24, 2.45) is 0 Å². The van der Waals surface area contributed by atoms with Gasteiger partial charge < -0.3 is 10.8 Å². The Morgan fingerprint density at radius 1 is 1.45 bits per heavy atom. The van der Waals surface area contributed by atoms with E-state index in [4.69, 9.17) is 5.73 Å². The molecular weight excluding hydrogens is 144 g/mol. The van der Waals surface area contributed by atoms with Crippen molar-refractivity contribution >= 4 is 11.6 Å². The molecule has 0 bridgehead atoms. The zero-order chi connectivity index (χ0) is 7.84. The van der Waals surface area contributed by atoms with E-state index in [-0.39, 0.29) is 11.7 Å². The Kier molecular flexibility index (Phi) is 1.00. The number of anilines is 1. The van der Waals surface area contributed by atoms with Gasteiger partial charge in [0.05, 0.1) is 0 Å². The van der Waals surface area contributed by atoms with Crippen LogP contribution in [0.3, 0.4) is 0 Å². The minimum Gasteiger partial charge on any atom is -0.504 e. The average molecular weight is 150 g/mol. The van der Waals surface area contributed by atoms with Gasteiger partial charge in [-0.15, -0.1) is 10.2 Å². The van der Waals surface area contributed by atoms with E-state index >= 15 is 0 Å². The first kappa shape index (κ1) is 5.96. The number of rotatable bonds is 0. The number of fused-ring (bicyclic) bond motifs is 1. The van der Waals surface area contributed by atoms with Gasteiger partial charge in [0.25, 0.3) is 0 Å². The molecule has 0 spiro atoms. The molecule has 0 aliphatic rings. The first-order valence-corrected chi connectivity index (χ1v) is 3.07. The normalized spacial score (nSPS) is 10.5. The molecule has 0 amide bonds. The van der Waals surface area contributed by atoms with E-state index < -0.39 is 0 Å². The Morgan fingerprint density at radius 2 is 2.27 bits per heavy atom. The molecule has 0 atom stereocenters. The second-order valence-corrected chi connectivity index (χ2v) is 2.15. The van der Waals surface area contributed by atoms with Gasteiger partial charge in [0, 0.05) is 6.20 Å². The Balaban J connectivity index is 2.94. The highest BCUT2D eigenvalue weighted by Gasteiger charge is 2.03. The van der Waals surface area contributed by atoms with Crippen molar-refractivity contribution in [1.29, 1.82) is 0 Å². The summed E-state index contributed by atoms with van der Waals surface area (Å²) in [7, 11) is 0. The van der Waals surface area contributed by atoms with E-state index in [1.165, 1.54) is 10.5 Å². The molecular formula is C6H6N4O. The summed E-state index contributed by atoms with van der Waals surface area (Å²) in [6.07, 6.45) is 1.68. The Bertz CT molecular complexity index is 394. The number of pyridine rings is 1. The van der Waals surface area contributed by atoms with Gasteiger partial charge >= 0.3 is 0 Å². The third-order valence-corrected chi connectivity index (χ3v) is 1.44. The minimum atomic E-state index is 0.0803. The molecule has 2 aromatic heterocycles. The second-order valence-electron chi connectivity index (χ2n) is 2.15. The molecule has 0 aromatic carbocycles. The van der Waals surface area contributed by atoms with Crippen LogP contribution in [0.2, 0.25) is 0 Å². The minimum absolute atomic E-state index is 0.0803. The fraction of sp³-hybridized carbons (Fsp3) is 0. The molecule has 2 rings (SSSR count). The highest BCUT2D eigenvalue weighted by Crippen LogP contribution is 2.15. The van der Waals surface area contributed by atoms with Gasteiger partial charge in [-0.2, -0.15) is 0 Å². The van der Waals surface area contributed by atoms with Crippen LogP contribution in [-0.4, -0.2) is 19.7 Å². The molecule has 0 radical (unpaired) electrons. The van der Waals surface area contributed by atoms with Crippen LogP contribution >= 0.6 is 0 Å². The SMILES string of the molecule is Nc1nnc2c(O)cccn12. The first-order valence-electron chi connectivity index (χ1n) is 3.07. The zero-order valence-electron chi connectivity index (χ0n) is 5.60. The third-order valence-electron chi connectivity index (χ3n) is 1.44. The predicted octanol–water partition coefficient (Wildman–Crippen LogP) is 0.0171. The summed E-state index contributed by atoms with van der Waals surface area (Å²) >= 11 is 0. The molecule has 0 aliphatic heterocycles. The molecule has 0 saturated heterocycles. The maximum atomic E-state index is 9.21. The van der Waals surface area contributed by atoms with Crippen LogP contribution in [-0.2, 0) is 0 Å². The lowest BCUT2D eigenvalue weighted by Crippen LogP contribution is -1.92. The van der Waals surface area contributed by atoms with Crippen molar-refractivity contribution in [3.63, 3.8) is 0 Å². The number of aromatic nitrogens is 3. The molecule has 56 valence electrons. The van der Waals surface area contributed by atoms with E-state index in [9.17, 15) is 5.11 Å². The fourth-order valence-corrected chi connectivity index (χ4v) is 0.920. The number of hydrogen-bond donors (Lipinski definition) is 2. The molecule has 11 heavy (non-hydrogen) atoms. The summed E-state index contributed by atoms with van der Waals surface area (Å²) in [6.45, 7) is 0. The Labute approximate surface area is 62.1 Å². The lowest BCUT2D eigenvalue weighted by atomic mass is 10.4. The van der Waals surface area contributed by atoms with E-state index in [1.54, 1.807) is 12.3 Å². The van der Waals surface area contributed by atoms with Crippen LogP contribution in [0.25, 0.3) is 5.65 Å². The molecule has 5 heteroatoms. The number of nitrogens with two attached hydrogens (primary N) is 1. The topological polar surface area (TPSA) is 76.4 Å². The Morgan fingerprint density at radius 3 is 3.00 bits per heavy atom. The van der Waals surface area contributed by atoms with Gasteiger partial charge in [-0.25, -0.2) is 0 Å². The molecule has 0 unspecified atom stereocenters. The zero-order valence-corrected chi connectivity index (χ0v) is 5.60. The standard InChI is InChI=1S/C6H6N4O/c7-6-9-8-5-4(11)2-1-3-10(5)6/h1-3,11H,(H2,7,9). The quantitative estimate of drug-likeness (QED) is 0.555. The van der Waals surface area contributed by atoms with Gasteiger partial charge in [0.15, 0.2) is 5.75 Å². The van der Waals surface area contributed by atoms with Crippen molar-refractivity contribution in [3.8, 4) is 5.75 Å². The molecule has 2 aromatic rings. The number of aromatic hydroxyl groups is 1. The highest BCUT2D eigenvalue weighted by atomic mass is 16.3. The number of hydrogen-bond acceptors (Lipinski definition) is 4. The second kappa shape index (κ2) is 1.85. The fourth-order valence-electron chi connectivity index (χ4n) is 0.920. The first-order chi connectivity index (χ1) is 5.29. The lowest BCUT2D eigenvalue weighted by Gasteiger charge is -1.93. The summed E-state index contributed by atoms with van der Waals surface area (Å²) in [5.41, 5.74) is 5.80. The van der Waals surface area contributed by atoms with Crippen LogP contribution in [0.1, 0.15) is 0 Å². The van der Waals surface area contributed by atoms with Crippen molar-refractivity contribution in [3.05, 3.63) is 18.3 Å². The van der Waals surface area contributed by atoms with Gasteiger partial charge in [-0.1, -0.05) is 0 Å². The third kappa shape index (κ3) is 0.706. The lowest BCUT2D eigenvalue weighted by molar-refractivity contribution is 0.477. The molecule has 0 saturated carbocycles. The van der Waals surface area contributed by atoms with Crippen molar-refractivity contribution < 1.29 is 5.11 Å². The maximum absolute atomic E-state index is 9.21. The van der Waals surface area contributed by atoms with E-state index in [0.717, 1.165) is 0 Å².